The molecule has 3 nitrogen and oxygen atoms in total. The molecule has 0 aliphatic heterocycles. The Labute approximate surface area is 112 Å². The molecule has 1 N–H and O–H groups in total. The fourth-order valence-corrected chi connectivity index (χ4v) is 2.48. The van der Waals surface area contributed by atoms with Crippen LogP contribution in [0.1, 0.15) is 31.2 Å². The van der Waals surface area contributed by atoms with Gasteiger partial charge in [0, 0.05) is 19.9 Å². The number of hydrogen-bond acceptors (Lipinski definition) is 2. The van der Waals surface area contributed by atoms with Gasteiger partial charge in [0.2, 0.25) is 0 Å². The average molecular weight is 329 g/mol. The molecule has 18 heavy (non-hydrogen) atoms. The van der Waals surface area contributed by atoms with E-state index in [1.54, 1.807) is 11.7 Å². The van der Waals surface area contributed by atoms with E-state index >= 15 is 0 Å². The maximum absolute atomic E-state index is 12.0. The highest BCUT2D eigenvalue weighted by molar-refractivity contribution is 9.10. The largest absolute Gasteiger partial charge is 0.393 e. The fourth-order valence-electron chi connectivity index (χ4n) is 1.70. The van der Waals surface area contributed by atoms with Gasteiger partial charge < -0.3 is 5.11 Å². The Morgan fingerprint density at radius 2 is 2.06 bits per heavy atom. The molecule has 0 radical (unpaired) electrons. The molecule has 1 aromatic rings. The van der Waals surface area contributed by atoms with Gasteiger partial charge in [0.05, 0.1) is 22.0 Å². The first-order chi connectivity index (χ1) is 8.24. The van der Waals surface area contributed by atoms with Gasteiger partial charge in [-0.1, -0.05) is 6.92 Å². The summed E-state index contributed by atoms with van der Waals surface area (Å²) in [5.41, 5.74) is 1.57. The van der Waals surface area contributed by atoms with E-state index < -0.39 is 18.7 Å². The summed E-state index contributed by atoms with van der Waals surface area (Å²) in [6, 6.07) is 0. The number of halogens is 4. The SMILES string of the molecule is CCc1nn(C)c(CC(O)CCC(F)(F)F)c1Br. The lowest BCUT2D eigenvalue weighted by Gasteiger charge is -2.12. The second kappa shape index (κ2) is 6.06. The van der Waals surface area contributed by atoms with Crippen LogP contribution in [0, 0.1) is 0 Å². The molecule has 0 saturated carbocycles. The summed E-state index contributed by atoms with van der Waals surface area (Å²) in [4.78, 5) is 0. The number of aryl methyl sites for hydroxylation is 2. The minimum Gasteiger partial charge on any atom is -0.393 e. The molecule has 0 spiro atoms. The molecule has 0 aliphatic carbocycles. The lowest BCUT2D eigenvalue weighted by Crippen LogP contribution is -2.18. The third kappa shape index (κ3) is 4.28. The number of nitrogens with zero attached hydrogens (tertiary/aromatic N) is 2. The van der Waals surface area contributed by atoms with Crippen LogP contribution >= 0.6 is 15.9 Å². The van der Waals surface area contributed by atoms with E-state index in [0.29, 0.717) is 0 Å². The molecule has 0 saturated heterocycles. The van der Waals surface area contributed by atoms with E-state index in [-0.39, 0.29) is 12.8 Å². The maximum Gasteiger partial charge on any atom is 0.389 e. The van der Waals surface area contributed by atoms with Gasteiger partial charge in [0.15, 0.2) is 0 Å². The van der Waals surface area contributed by atoms with Crippen molar-refractivity contribution in [1.82, 2.24) is 9.78 Å². The van der Waals surface area contributed by atoms with E-state index in [0.717, 1.165) is 22.3 Å². The zero-order valence-electron chi connectivity index (χ0n) is 10.3. The molecule has 0 aliphatic rings. The second-order valence-electron chi connectivity index (χ2n) is 4.20. The molecule has 0 aromatic carbocycles. The Morgan fingerprint density at radius 1 is 1.44 bits per heavy atom. The van der Waals surface area contributed by atoms with Crippen LogP contribution in [-0.2, 0) is 19.9 Å². The van der Waals surface area contributed by atoms with Crippen LogP contribution in [-0.4, -0.2) is 27.2 Å². The number of aliphatic hydroxyl groups excluding tert-OH is 1. The van der Waals surface area contributed by atoms with Crippen LogP contribution in [0.5, 0.6) is 0 Å². The zero-order valence-corrected chi connectivity index (χ0v) is 11.8. The molecule has 0 amide bonds. The third-order valence-corrected chi connectivity index (χ3v) is 3.61. The monoisotopic (exact) mass is 328 g/mol. The highest BCUT2D eigenvalue weighted by Gasteiger charge is 2.28. The Hall–Kier alpha value is -0.560. The maximum atomic E-state index is 12.0. The Balaban J connectivity index is 2.64. The van der Waals surface area contributed by atoms with Crippen molar-refractivity contribution in [1.29, 1.82) is 0 Å². The molecule has 1 aromatic heterocycles. The molecule has 104 valence electrons. The number of aliphatic hydroxyl groups is 1. The third-order valence-electron chi connectivity index (χ3n) is 2.69. The molecular formula is C11H16BrF3N2O. The van der Waals surface area contributed by atoms with Gasteiger partial charge in [-0.05, 0) is 28.8 Å². The van der Waals surface area contributed by atoms with Gasteiger partial charge >= 0.3 is 6.18 Å². The quantitative estimate of drug-likeness (QED) is 0.902. The van der Waals surface area contributed by atoms with Crippen molar-refractivity contribution >= 4 is 15.9 Å². The first-order valence-electron chi connectivity index (χ1n) is 5.69. The topological polar surface area (TPSA) is 38.0 Å². The van der Waals surface area contributed by atoms with E-state index in [2.05, 4.69) is 21.0 Å². The summed E-state index contributed by atoms with van der Waals surface area (Å²) in [6.45, 7) is 1.94. The van der Waals surface area contributed by atoms with Crippen molar-refractivity contribution in [2.24, 2.45) is 7.05 Å². The summed E-state index contributed by atoms with van der Waals surface area (Å²) >= 11 is 3.36. The Morgan fingerprint density at radius 3 is 2.50 bits per heavy atom. The van der Waals surface area contributed by atoms with Crippen LogP contribution in [0.4, 0.5) is 13.2 Å². The molecule has 1 heterocycles. The van der Waals surface area contributed by atoms with Crippen molar-refractivity contribution in [2.45, 2.75) is 44.9 Å². The molecule has 7 heteroatoms. The second-order valence-corrected chi connectivity index (χ2v) is 4.99. The molecule has 0 bridgehead atoms. The molecular weight excluding hydrogens is 313 g/mol. The van der Waals surface area contributed by atoms with Crippen molar-refractivity contribution in [3.63, 3.8) is 0 Å². The first kappa shape index (κ1) is 15.5. The molecule has 0 fully saturated rings. The Kier molecular flexibility index (Phi) is 5.21. The lowest BCUT2D eigenvalue weighted by molar-refractivity contribution is -0.139. The van der Waals surface area contributed by atoms with Crippen LogP contribution in [0.2, 0.25) is 0 Å². The first-order valence-corrected chi connectivity index (χ1v) is 6.49. The minimum absolute atomic E-state index is 0.167. The average Bonchev–Trinajstić information content (AvgIpc) is 2.53. The van der Waals surface area contributed by atoms with Gasteiger partial charge in [-0.3, -0.25) is 4.68 Å². The van der Waals surface area contributed by atoms with E-state index in [1.807, 2.05) is 6.92 Å². The summed E-state index contributed by atoms with van der Waals surface area (Å²) in [6.07, 6.45) is -5.60. The van der Waals surface area contributed by atoms with Crippen molar-refractivity contribution in [3.8, 4) is 0 Å². The van der Waals surface area contributed by atoms with Crippen molar-refractivity contribution < 1.29 is 18.3 Å². The van der Waals surface area contributed by atoms with E-state index in [9.17, 15) is 18.3 Å². The molecule has 1 rings (SSSR count). The smallest absolute Gasteiger partial charge is 0.389 e. The highest BCUT2D eigenvalue weighted by atomic mass is 79.9. The number of aromatic nitrogens is 2. The predicted molar refractivity (Wildman–Crippen MR) is 65.3 cm³/mol. The predicted octanol–water partition coefficient (Wildman–Crippen LogP) is 2.99. The van der Waals surface area contributed by atoms with Crippen LogP contribution < -0.4 is 0 Å². The fraction of sp³-hybridized carbons (Fsp3) is 0.727. The Bertz CT molecular complexity index is 404. The van der Waals surface area contributed by atoms with Gasteiger partial charge in [-0.15, -0.1) is 0 Å². The van der Waals surface area contributed by atoms with E-state index in [1.165, 1.54) is 0 Å². The lowest BCUT2D eigenvalue weighted by atomic mass is 10.1. The van der Waals surface area contributed by atoms with E-state index in [4.69, 9.17) is 0 Å². The summed E-state index contributed by atoms with van der Waals surface area (Å²) < 4.78 is 38.5. The summed E-state index contributed by atoms with van der Waals surface area (Å²) in [5, 5.41) is 13.9. The van der Waals surface area contributed by atoms with Gasteiger partial charge in [0.1, 0.15) is 0 Å². The van der Waals surface area contributed by atoms with Crippen LogP contribution in [0.25, 0.3) is 0 Å². The summed E-state index contributed by atoms with van der Waals surface area (Å²) in [7, 11) is 1.72. The van der Waals surface area contributed by atoms with Gasteiger partial charge in [-0.25, -0.2) is 0 Å². The van der Waals surface area contributed by atoms with Crippen molar-refractivity contribution in [3.05, 3.63) is 15.9 Å². The normalized spacial score (nSPS) is 13.9. The van der Waals surface area contributed by atoms with Crippen LogP contribution in [0.15, 0.2) is 4.47 Å². The number of hydrogen-bond donors (Lipinski definition) is 1. The number of alkyl halides is 3. The summed E-state index contributed by atoms with van der Waals surface area (Å²) in [5.74, 6) is 0. The minimum atomic E-state index is -4.22. The van der Waals surface area contributed by atoms with Crippen molar-refractivity contribution in [2.75, 3.05) is 0 Å². The van der Waals surface area contributed by atoms with Gasteiger partial charge in [0.25, 0.3) is 0 Å². The zero-order chi connectivity index (χ0) is 13.9. The highest BCUT2D eigenvalue weighted by Crippen LogP contribution is 2.26. The molecule has 1 unspecified atom stereocenters. The van der Waals surface area contributed by atoms with Gasteiger partial charge in [-0.2, -0.15) is 18.3 Å². The van der Waals surface area contributed by atoms with Crippen LogP contribution in [0.3, 0.4) is 0 Å². The molecule has 1 atom stereocenters. The number of rotatable bonds is 5. The standard InChI is InChI=1S/C11H16BrF3N2O/c1-3-8-10(12)9(17(2)16-8)6-7(18)4-5-11(13,14)15/h7,18H,3-6H2,1-2H3.